The Morgan fingerprint density at radius 2 is 2.25 bits per heavy atom. The fourth-order valence-electron chi connectivity index (χ4n) is 0.800. The average molecular weight is 168 g/mol. The molecular weight excluding hydrogens is 156 g/mol. The maximum absolute atomic E-state index is 9.96. The third-order valence-corrected chi connectivity index (χ3v) is 1.50. The molecule has 0 aliphatic heterocycles. The van der Waals surface area contributed by atoms with Crippen LogP contribution in [0.5, 0.6) is 5.88 Å². The largest absolute Gasteiger partial charge is 0.410 e. The summed E-state index contributed by atoms with van der Waals surface area (Å²) in [6.07, 6.45) is 0. The molecular formula is C8H12N2O2. The van der Waals surface area contributed by atoms with E-state index in [0.717, 1.165) is 5.69 Å². The summed E-state index contributed by atoms with van der Waals surface area (Å²) in [5, 5.41) is 6.61. The maximum atomic E-state index is 9.96. The van der Waals surface area contributed by atoms with Crippen molar-refractivity contribution in [1.82, 2.24) is 10.2 Å². The normalized spacial score (nSPS) is 11.2. The molecule has 0 aromatic carbocycles. The number of carbonyl (C=O) groups is 1. The Labute approximate surface area is 70.9 Å². The highest BCUT2D eigenvalue weighted by molar-refractivity contribution is 5.43. The van der Waals surface area contributed by atoms with Gasteiger partial charge in [-0.2, -0.15) is 5.10 Å². The maximum Gasteiger partial charge on any atom is 0.299 e. The Morgan fingerprint density at radius 3 is 2.67 bits per heavy atom. The summed E-state index contributed by atoms with van der Waals surface area (Å²) in [7, 11) is 0. The zero-order valence-electron chi connectivity index (χ0n) is 7.42. The molecule has 0 fully saturated rings. The number of carbonyl (C=O) groups excluding carboxylic acids is 1. The van der Waals surface area contributed by atoms with Gasteiger partial charge in [-0.3, -0.25) is 4.79 Å². The Kier molecular flexibility index (Phi) is 2.17. The monoisotopic (exact) mass is 168 g/mol. The van der Waals surface area contributed by atoms with Crippen LogP contribution >= 0.6 is 0 Å². The molecule has 0 atom stereocenters. The molecule has 1 aromatic rings. The van der Waals surface area contributed by atoms with Gasteiger partial charge >= 0.3 is 0 Å². The average Bonchev–Trinajstić information content (AvgIpc) is 2.35. The predicted octanol–water partition coefficient (Wildman–Crippen LogP) is 1.24. The van der Waals surface area contributed by atoms with E-state index in [0.29, 0.717) is 12.4 Å². The van der Waals surface area contributed by atoms with E-state index in [-0.39, 0.29) is 5.41 Å². The van der Waals surface area contributed by atoms with E-state index in [1.165, 1.54) is 0 Å². The van der Waals surface area contributed by atoms with Gasteiger partial charge < -0.3 is 4.74 Å². The molecule has 0 aliphatic carbocycles. The van der Waals surface area contributed by atoms with Crippen LogP contribution in [0.25, 0.3) is 0 Å². The van der Waals surface area contributed by atoms with E-state index >= 15 is 0 Å². The van der Waals surface area contributed by atoms with Crippen LogP contribution in [0.4, 0.5) is 0 Å². The number of hydrogen-bond donors (Lipinski definition) is 1. The Bertz CT molecular complexity index is 273. The van der Waals surface area contributed by atoms with Gasteiger partial charge in [-0.25, -0.2) is 5.10 Å². The van der Waals surface area contributed by atoms with Gasteiger partial charge in [0.2, 0.25) is 5.88 Å². The van der Waals surface area contributed by atoms with Crippen LogP contribution in [0.3, 0.4) is 0 Å². The predicted molar refractivity (Wildman–Crippen MR) is 44.0 cm³/mol. The fourth-order valence-corrected chi connectivity index (χ4v) is 0.800. The summed E-state index contributed by atoms with van der Waals surface area (Å²) < 4.78 is 4.58. The van der Waals surface area contributed by atoms with Crippen LogP contribution in [-0.4, -0.2) is 16.7 Å². The van der Waals surface area contributed by atoms with Gasteiger partial charge in [0, 0.05) is 11.5 Å². The first-order chi connectivity index (χ1) is 5.54. The molecule has 1 aromatic heterocycles. The fraction of sp³-hybridized carbons (Fsp3) is 0.500. The number of aromatic amines is 1. The van der Waals surface area contributed by atoms with Gasteiger partial charge in [-0.1, -0.05) is 20.8 Å². The molecule has 4 nitrogen and oxygen atoms in total. The highest BCUT2D eigenvalue weighted by Gasteiger charge is 2.17. The van der Waals surface area contributed by atoms with Crippen LogP contribution in [0.15, 0.2) is 6.07 Å². The van der Waals surface area contributed by atoms with Crippen molar-refractivity contribution in [2.24, 2.45) is 0 Å². The summed E-state index contributed by atoms with van der Waals surface area (Å²) in [4.78, 5) is 9.96. The number of aromatic nitrogens is 2. The molecule has 0 saturated heterocycles. The van der Waals surface area contributed by atoms with Crippen LogP contribution < -0.4 is 4.74 Å². The lowest BCUT2D eigenvalue weighted by atomic mass is 9.93. The summed E-state index contributed by atoms with van der Waals surface area (Å²) >= 11 is 0. The van der Waals surface area contributed by atoms with Gasteiger partial charge in [0.15, 0.2) is 0 Å². The first-order valence-corrected chi connectivity index (χ1v) is 3.70. The number of H-pyrrole nitrogens is 1. The van der Waals surface area contributed by atoms with Crippen LogP contribution in [0.2, 0.25) is 0 Å². The zero-order valence-corrected chi connectivity index (χ0v) is 7.42. The summed E-state index contributed by atoms with van der Waals surface area (Å²) in [5.41, 5.74) is 0.848. The third kappa shape index (κ3) is 1.84. The Balaban J connectivity index is 2.84. The van der Waals surface area contributed by atoms with Gasteiger partial charge in [0.25, 0.3) is 6.47 Å². The molecule has 1 rings (SSSR count). The minimum atomic E-state index is -0.0268. The molecule has 0 bridgehead atoms. The summed E-state index contributed by atoms with van der Waals surface area (Å²) in [6.45, 7) is 6.48. The number of nitrogens with one attached hydrogen (secondary N) is 1. The van der Waals surface area contributed by atoms with E-state index in [4.69, 9.17) is 0 Å². The molecule has 0 unspecified atom stereocenters. The van der Waals surface area contributed by atoms with Crippen LogP contribution in [-0.2, 0) is 10.2 Å². The first kappa shape index (κ1) is 8.77. The SMILES string of the molecule is CC(C)(C)c1cc(OC=O)[nH]n1. The van der Waals surface area contributed by atoms with E-state index in [1.54, 1.807) is 6.07 Å². The lowest BCUT2D eigenvalue weighted by Gasteiger charge is -2.13. The number of nitrogens with zero attached hydrogens (tertiary/aromatic N) is 1. The molecule has 0 radical (unpaired) electrons. The second-order valence-electron chi connectivity index (χ2n) is 3.58. The molecule has 0 saturated carbocycles. The molecule has 1 N–H and O–H groups in total. The van der Waals surface area contributed by atoms with E-state index in [2.05, 4.69) is 14.9 Å². The molecule has 66 valence electrons. The lowest BCUT2D eigenvalue weighted by Crippen LogP contribution is -2.11. The molecule has 12 heavy (non-hydrogen) atoms. The van der Waals surface area contributed by atoms with Crippen molar-refractivity contribution in [1.29, 1.82) is 0 Å². The van der Waals surface area contributed by atoms with E-state index in [1.807, 2.05) is 20.8 Å². The summed E-state index contributed by atoms with van der Waals surface area (Å²) in [6, 6.07) is 1.72. The van der Waals surface area contributed by atoms with Crippen molar-refractivity contribution in [2.45, 2.75) is 26.2 Å². The molecule has 0 spiro atoms. The lowest BCUT2D eigenvalue weighted by molar-refractivity contribution is -0.120. The Morgan fingerprint density at radius 1 is 1.58 bits per heavy atom. The Hall–Kier alpha value is -1.32. The number of ether oxygens (including phenoxy) is 1. The van der Waals surface area contributed by atoms with Crippen molar-refractivity contribution in [2.75, 3.05) is 0 Å². The summed E-state index contributed by atoms with van der Waals surface area (Å²) in [5.74, 6) is 0.384. The quantitative estimate of drug-likeness (QED) is 0.676. The molecule has 4 heteroatoms. The van der Waals surface area contributed by atoms with Gasteiger partial charge in [-0.15, -0.1) is 0 Å². The van der Waals surface area contributed by atoms with Crippen LogP contribution in [0.1, 0.15) is 26.5 Å². The van der Waals surface area contributed by atoms with E-state index < -0.39 is 0 Å². The molecule has 0 aliphatic rings. The highest BCUT2D eigenvalue weighted by atomic mass is 16.5. The van der Waals surface area contributed by atoms with Crippen molar-refractivity contribution in [3.8, 4) is 5.88 Å². The number of hydrogen-bond acceptors (Lipinski definition) is 3. The highest BCUT2D eigenvalue weighted by Crippen LogP contribution is 2.22. The van der Waals surface area contributed by atoms with Crippen molar-refractivity contribution in [3.05, 3.63) is 11.8 Å². The topological polar surface area (TPSA) is 55.0 Å². The van der Waals surface area contributed by atoms with Gasteiger partial charge in [0.1, 0.15) is 0 Å². The minimum Gasteiger partial charge on any atom is -0.410 e. The molecule has 1 heterocycles. The second kappa shape index (κ2) is 2.97. The number of rotatable bonds is 2. The standard InChI is InChI=1S/C8H12N2O2/c1-8(2,3)6-4-7(10-9-6)12-5-11/h4-5H,1-3H3,(H,9,10). The minimum absolute atomic E-state index is 0.0268. The van der Waals surface area contributed by atoms with Crippen molar-refractivity contribution >= 4 is 6.47 Å². The van der Waals surface area contributed by atoms with Crippen LogP contribution in [0, 0.1) is 0 Å². The van der Waals surface area contributed by atoms with Crippen molar-refractivity contribution < 1.29 is 9.53 Å². The van der Waals surface area contributed by atoms with Gasteiger partial charge in [0.05, 0.1) is 5.69 Å². The van der Waals surface area contributed by atoms with Gasteiger partial charge in [-0.05, 0) is 0 Å². The smallest absolute Gasteiger partial charge is 0.299 e. The third-order valence-electron chi connectivity index (χ3n) is 1.50. The van der Waals surface area contributed by atoms with Crippen molar-refractivity contribution in [3.63, 3.8) is 0 Å². The second-order valence-corrected chi connectivity index (χ2v) is 3.58. The first-order valence-electron chi connectivity index (χ1n) is 3.70. The zero-order chi connectivity index (χ0) is 9.19. The molecule has 0 amide bonds. The van der Waals surface area contributed by atoms with E-state index in [9.17, 15) is 4.79 Å².